The third-order valence-corrected chi connectivity index (χ3v) is 2.58. The van der Waals surface area contributed by atoms with E-state index in [9.17, 15) is 9.59 Å². The van der Waals surface area contributed by atoms with Gasteiger partial charge in [-0.1, -0.05) is 20.3 Å². The van der Waals surface area contributed by atoms with E-state index in [1.54, 1.807) is 6.92 Å². The molecule has 88 valence electrons. The Morgan fingerprint density at radius 1 is 1.33 bits per heavy atom. The predicted molar refractivity (Wildman–Crippen MR) is 58.9 cm³/mol. The number of nitrogens with two attached hydrogens (primary N) is 2. The van der Waals surface area contributed by atoms with Crippen LogP contribution in [0.15, 0.2) is 0 Å². The first kappa shape index (κ1) is 13.9. The van der Waals surface area contributed by atoms with Crippen LogP contribution >= 0.6 is 0 Å². The van der Waals surface area contributed by atoms with Crippen molar-refractivity contribution in [1.29, 1.82) is 0 Å². The van der Waals surface area contributed by atoms with Gasteiger partial charge in [0.2, 0.25) is 11.8 Å². The van der Waals surface area contributed by atoms with Crippen molar-refractivity contribution in [3.8, 4) is 0 Å². The smallest absolute Gasteiger partial charge is 0.240 e. The zero-order chi connectivity index (χ0) is 12.0. The van der Waals surface area contributed by atoms with Crippen LogP contribution < -0.4 is 11.5 Å². The van der Waals surface area contributed by atoms with Crippen molar-refractivity contribution in [2.24, 2.45) is 17.4 Å². The van der Waals surface area contributed by atoms with Gasteiger partial charge in [-0.05, 0) is 12.8 Å². The van der Waals surface area contributed by atoms with Gasteiger partial charge in [0.1, 0.15) is 0 Å². The minimum absolute atomic E-state index is 0.0561. The highest BCUT2D eigenvalue weighted by Crippen LogP contribution is 2.08. The molecule has 2 atom stereocenters. The Hall–Kier alpha value is -1.10. The topological polar surface area (TPSA) is 89.4 Å². The highest BCUT2D eigenvalue weighted by Gasteiger charge is 2.24. The molecule has 5 heteroatoms. The van der Waals surface area contributed by atoms with E-state index in [4.69, 9.17) is 11.5 Å². The number of hydrogen-bond acceptors (Lipinski definition) is 3. The normalized spacial score (nSPS) is 14.4. The average molecular weight is 215 g/mol. The Balaban J connectivity index is 4.43. The molecule has 0 aromatic carbocycles. The first-order chi connectivity index (χ1) is 6.93. The molecule has 0 aromatic rings. The van der Waals surface area contributed by atoms with Gasteiger partial charge >= 0.3 is 0 Å². The number of rotatable bonds is 6. The summed E-state index contributed by atoms with van der Waals surface area (Å²) < 4.78 is 0. The van der Waals surface area contributed by atoms with Crippen LogP contribution in [-0.2, 0) is 9.59 Å². The fraction of sp³-hybridized carbons (Fsp3) is 0.800. The number of likely N-dealkylation sites (N-methyl/N-ethyl adjacent to an activating group) is 1. The van der Waals surface area contributed by atoms with Gasteiger partial charge in [-0.15, -0.1) is 0 Å². The van der Waals surface area contributed by atoms with Gasteiger partial charge in [-0.2, -0.15) is 0 Å². The van der Waals surface area contributed by atoms with Crippen LogP contribution in [0.2, 0.25) is 0 Å². The number of carbonyl (C=O) groups is 2. The third kappa shape index (κ3) is 4.29. The molecule has 0 aliphatic carbocycles. The molecule has 0 aliphatic heterocycles. The molecule has 0 aromatic heterocycles. The monoisotopic (exact) mass is 215 g/mol. The maximum atomic E-state index is 11.8. The van der Waals surface area contributed by atoms with E-state index in [-0.39, 0.29) is 18.4 Å². The second-order valence-electron chi connectivity index (χ2n) is 3.73. The van der Waals surface area contributed by atoms with Crippen molar-refractivity contribution in [1.82, 2.24) is 4.90 Å². The molecule has 4 N–H and O–H groups in total. The third-order valence-electron chi connectivity index (χ3n) is 2.58. The summed E-state index contributed by atoms with van der Waals surface area (Å²) in [5.74, 6) is -0.605. The molecular weight excluding hydrogens is 194 g/mol. The molecule has 0 spiro atoms. The SMILES string of the molecule is CCC(C)C(N)C(=O)N(CC)CC(N)=O. The molecule has 2 amide bonds. The number of primary amides is 1. The van der Waals surface area contributed by atoms with Crippen LogP contribution in [0.1, 0.15) is 27.2 Å². The van der Waals surface area contributed by atoms with Gasteiger partial charge in [-0.3, -0.25) is 9.59 Å². The fourth-order valence-electron chi connectivity index (χ4n) is 1.24. The van der Waals surface area contributed by atoms with Crippen LogP contribution in [-0.4, -0.2) is 35.8 Å². The lowest BCUT2D eigenvalue weighted by Gasteiger charge is -2.25. The zero-order valence-electron chi connectivity index (χ0n) is 9.69. The van der Waals surface area contributed by atoms with Gasteiger partial charge < -0.3 is 16.4 Å². The van der Waals surface area contributed by atoms with Gasteiger partial charge in [0, 0.05) is 6.54 Å². The minimum Gasteiger partial charge on any atom is -0.368 e. The highest BCUT2D eigenvalue weighted by molar-refractivity contribution is 5.86. The molecule has 0 heterocycles. The van der Waals surface area contributed by atoms with Gasteiger partial charge in [0.05, 0.1) is 12.6 Å². The van der Waals surface area contributed by atoms with Crippen molar-refractivity contribution in [3.63, 3.8) is 0 Å². The Morgan fingerprint density at radius 2 is 1.87 bits per heavy atom. The van der Waals surface area contributed by atoms with Crippen LogP contribution in [0.3, 0.4) is 0 Å². The standard InChI is InChI=1S/C10H21N3O2/c1-4-7(3)9(12)10(15)13(5-2)6-8(11)14/h7,9H,4-6,12H2,1-3H3,(H2,11,14). The number of carbonyl (C=O) groups excluding carboxylic acids is 2. The molecule has 2 unspecified atom stereocenters. The Kier molecular flexibility index (Phi) is 5.93. The van der Waals surface area contributed by atoms with Crippen molar-refractivity contribution < 1.29 is 9.59 Å². The maximum absolute atomic E-state index is 11.8. The quantitative estimate of drug-likeness (QED) is 0.637. The van der Waals surface area contributed by atoms with E-state index < -0.39 is 11.9 Å². The summed E-state index contributed by atoms with van der Waals surface area (Å²) in [5.41, 5.74) is 10.8. The van der Waals surface area contributed by atoms with Crippen LogP contribution in [0.25, 0.3) is 0 Å². The fourth-order valence-corrected chi connectivity index (χ4v) is 1.24. The van der Waals surface area contributed by atoms with E-state index >= 15 is 0 Å². The van der Waals surface area contributed by atoms with Crippen molar-refractivity contribution >= 4 is 11.8 Å². The Bertz CT molecular complexity index is 231. The zero-order valence-corrected chi connectivity index (χ0v) is 9.69. The summed E-state index contributed by atoms with van der Waals surface area (Å²) in [7, 11) is 0. The highest BCUT2D eigenvalue weighted by atomic mass is 16.2. The summed E-state index contributed by atoms with van der Waals surface area (Å²) in [5, 5.41) is 0. The minimum atomic E-state index is -0.547. The van der Waals surface area contributed by atoms with E-state index in [0.29, 0.717) is 6.54 Å². The predicted octanol–water partition coefficient (Wildman–Crippen LogP) is -0.306. The molecule has 0 bridgehead atoms. The van der Waals surface area contributed by atoms with Crippen molar-refractivity contribution in [2.75, 3.05) is 13.1 Å². The van der Waals surface area contributed by atoms with Gasteiger partial charge in [0.25, 0.3) is 0 Å². The Labute approximate surface area is 90.8 Å². The van der Waals surface area contributed by atoms with Gasteiger partial charge in [-0.25, -0.2) is 0 Å². The molecule has 0 aliphatic rings. The van der Waals surface area contributed by atoms with Crippen LogP contribution in [0.5, 0.6) is 0 Å². The lowest BCUT2D eigenvalue weighted by Crippen LogP contribution is -2.49. The molecule has 5 nitrogen and oxygen atoms in total. The summed E-state index contributed by atoms with van der Waals surface area (Å²) in [6.45, 7) is 6.08. The van der Waals surface area contributed by atoms with Crippen LogP contribution in [0, 0.1) is 5.92 Å². The molecule has 0 fully saturated rings. The van der Waals surface area contributed by atoms with Crippen LogP contribution in [0.4, 0.5) is 0 Å². The number of amides is 2. The van der Waals surface area contributed by atoms with Gasteiger partial charge in [0.15, 0.2) is 0 Å². The van der Waals surface area contributed by atoms with Crippen molar-refractivity contribution in [2.45, 2.75) is 33.2 Å². The van der Waals surface area contributed by atoms with E-state index in [0.717, 1.165) is 6.42 Å². The summed E-state index contributed by atoms with van der Waals surface area (Å²) in [6.07, 6.45) is 0.834. The second-order valence-corrected chi connectivity index (χ2v) is 3.73. The largest absolute Gasteiger partial charge is 0.368 e. The molecular formula is C10H21N3O2. The van der Waals surface area contributed by atoms with Crippen molar-refractivity contribution in [3.05, 3.63) is 0 Å². The lowest BCUT2D eigenvalue weighted by molar-refractivity contribution is -0.137. The van der Waals surface area contributed by atoms with E-state index in [2.05, 4.69) is 0 Å². The first-order valence-corrected chi connectivity index (χ1v) is 5.26. The average Bonchev–Trinajstić information content (AvgIpc) is 2.22. The molecule has 0 rings (SSSR count). The molecule has 15 heavy (non-hydrogen) atoms. The number of nitrogens with zero attached hydrogens (tertiary/aromatic N) is 1. The second kappa shape index (κ2) is 6.40. The lowest BCUT2D eigenvalue weighted by atomic mass is 9.99. The summed E-state index contributed by atoms with van der Waals surface area (Å²) in [4.78, 5) is 23.9. The van der Waals surface area contributed by atoms with E-state index in [1.165, 1.54) is 4.90 Å². The summed E-state index contributed by atoms with van der Waals surface area (Å²) >= 11 is 0. The molecule has 0 saturated heterocycles. The molecule has 0 radical (unpaired) electrons. The molecule has 0 saturated carbocycles. The Morgan fingerprint density at radius 3 is 2.20 bits per heavy atom. The van der Waals surface area contributed by atoms with E-state index in [1.807, 2.05) is 13.8 Å². The first-order valence-electron chi connectivity index (χ1n) is 5.26. The number of hydrogen-bond donors (Lipinski definition) is 2. The maximum Gasteiger partial charge on any atom is 0.240 e. The summed E-state index contributed by atoms with van der Waals surface area (Å²) in [6, 6.07) is -0.547.